The van der Waals surface area contributed by atoms with E-state index in [-0.39, 0.29) is 11.8 Å². The summed E-state index contributed by atoms with van der Waals surface area (Å²) >= 11 is 0. The van der Waals surface area contributed by atoms with Gasteiger partial charge in [0.05, 0.1) is 0 Å². The lowest BCUT2D eigenvalue weighted by molar-refractivity contribution is -0.131. The van der Waals surface area contributed by atoms with Gasteiger partial charge >= 0.3 is 0 Å². The molecule has 0 bridgehead atoms. The number of unbranched alkanes of at least 4 members (excludes halogenated alkanes) is 1. The number of carbonyl (C=O) groups excluding carboxylic acids is 2. The summed E-state index contributed by atoms with van der Waals surface area (Å²) < 4.78 is 0. The first kappa shape index (κ1) is 17.0. The number of nitrogens with one attached hydrogen (secondary N) is 1. The van der Waals surface area contributed by atoms with Gasteiger partial charge < -0.3 is 15.3 Å². The van der Waals surface area contributed by atoms with E-state index in [1.807, 2.05) is 30.3 Å². The molecule has 5 nitrogen and oxygen atoms in total. The highest BCUT2D eigenvalue weighted by atomic mass is 16.3. The van der Waals surface area contributed by atoms with Gasteiger partial charge in [0.1, 0.15) is 6.23 Å². The normalized spacial score (nSPS) is 17.7. The molecule has 2 rings (SSSR count). The molecule has 0 aliphatic carbocycles. The number of hydrogen-bond acceptors (Lipinski definition) is 3. The molecule has 0 radical (unpaired) electrons. The fourth-order valence-corrected chi connectivity index (χ4v) is 2.38. The number of aliphatic hydroxyl groups excluding tert-OH is 1. The summed E-state index contributed by atoms with van der Waals surface area (Å²) in [6, 6.07) is 9.62. The Kier molecular flexibility index (Phi) is 6.11. The van der Waals surface area contributed by atoms with Crippen LogP contribution in [0.25, 0.3) is 6.08 Å². The molecule has 23 heavy (non-hydrogen) atoms. The minimum atomic E-state index is -0.814. The maximum Gasteiger partial charge on any atom is 0.251 e. The van der Waals surface area contributed by atoms with Crippen LogP contribution in [0.2, 0.25) is 0 Å². The molecule has 2 amide bonds. The average molecular weight is 314 g/mol. The molecule has 1 aliphatic rings. The van der Waals surface area contributed by atoms with E-state index >= 15 is 0 Å². The monoisotopic (exact) mass is 314 g/mol. The average Bonchev–Trinajstić information content (AvgIpc) is 2.79. The number of hydrogen-bond donors (Lipinski definition) is 2. The molecule has 1 aliphatic heterocycles. The van der Waals surface area contributed by atoms with E-state index in [4.69, 9.17) is 0 Å². The largest absolute Gasteiger partial charge is 0.370 e. The van der Waals surface area contributed by atoms with Crippen molar-refractivity contribution in [2.75, 3.05) is 13.1 Å². The zero-order valence-corrected chi connectivity index (χ0v) is 13.2. The number of carbonyl (C=O) groups is 2. The van der Waals surface area contributed by atoms with Crippen molar-refractivity contribution in [2.24, 2.45) is 0 Å². The highest BCUT2D eigenvalue weighted by Crippen LogP contribution is 2.16. The van der Waals surface area contributed by atoms with E-state index in [1.165, 1.54) is 11.0 Å². The van der Waals surface area contributed by atoms with Crippen LogP contribution < -0.4 is 5.32 Å². The van der Waals surface area contributed by atoms with E-state index in [0.717, 1.165) is 18.4 Å². The lowest BCUT2D eigenvalue weighted by Crippen LogP contribution is -2.35. The zero-order chi connectivity index (χ0) is 16.7. The summed E-state index contributed by atoms with van der Waals surface area (Å²) in [5, 5.41) is 12.5. The number of benzene rings is 1. The Morgan fingerprint density at radius 1 is 1.30 bits per heavy atom. The van der Waals surface area contributed by atoms with Crippen molar-refractivity contribution in [3.63, 3.8) is 0 Å². The van der Waals surface area contributed by atoms with Crippen molar-refractivity contribution in [3.05, 3.63) is 53.6 Å². The van der Waals surface area contributed by atoms with Gasteiger partial charge in [-0.3, -0.25) is 9.59 Å². The van der Waals surface area contributed by atoms with Crippen LogP contribution >= 0.6 is 0 Å². The van der Waals surface area contributed by atoms with Crippen molar-refractivity contribution < 1.29 is 14.7 Å². The van der Waals surface area contributed by atoms with Crippen molar-refractivity contribution >= 4 is 17.9 Å². The second kappa shape index (κ2) is 8.29. The predicted octanol–water partition coefficient (Wildman–Crippen LogP) is 1.70. The molecule has 0 saturated carbocycles. The predicted molar refractivity (Wildman–Crippen MR) is 89.2 cm³/mol. The highest BCUT2D eigenvalue weighted by molar-refractivity contribution is 5.95. The van der Waals surface area contributed by atoms with E-state index < -0.39 is 6.23 Å². The Morgan fingerprint density at radius 3 is 2.70 bits per heavy atom. The summed E-state index contributed by atoms with van der Waals surface area (Å²) in [4.78, 5) is 24.8. The summed E-state index contributed by atoms with van der Waals surface area (Å²) in [5.41, 5.74) is 1.56. The molecule has 2 N–H and O–H groups in total. The lowest BCUT2D eigenvalue weighted by atomic mass is 10.2. The third kappa shape index (κ3) is 5.07. The highest BCUT2D eigenvalue weighted by Gasteiger charge is 2.27. The van der Waals surface area contributed by atoms with Crippen LogP contribution in [0.3, 0.4) is 0 Å². The molecule has 0 aromatic heterocycles. The lowest BCUT2D eigenvalue weighted by Gasteiger charge is -2.20. The second-order valence-electron chi connectivity index (χ2n) is 5.50. The third-order valence-corrected chi connectivity index (χ3v) is 3.67. The van der Waals surface area contributed by atoms with Gasteiger partial charge in [0.25, 0.3) is 5.91 Å². The van der Waals surface area contributed by atoms with Gasteiger partial charge in [-0.15, -0.1) is 0 Å². The van der Waals surface area contributed by atoms with Crippen LogP contribution in [0.5, 0.6) is 0 Å². The van der Waals surface area contributed by atoms with Crippen LogP contribution in [0, 0.1) is 0 Å². The minimum Gasteiger partial charge on any atom is -0.370 e. The van der Waals surface area contributed by atoms with Gasteiger partial charge in [-0.2, -0.15) is 0 Å². The Morgan fingerprint density at radius 2 is 2.04 bits per heavy atom. The van der Waals surface area contributed by atoms with Gasteiger partial charge in [-0.05, 0) is 37.5 Å². The van der Waals surface area contributed by atoms with Crippen LogP contribution in [0.1, 0.15) is 25.3 Å². The number of nitrogens with zero attached hydrogens (tertiary/aromatic N) is 1. The van der Waals surface area contributed by atoms with Gasteiger partial charge in [0.2, 0.25) is 5.91 Å². The molecule has 0 spiro atoms. The first-order valence-corrected chi connectivity index (χ1v) is 7.76. The van der Waals surface area contributed by atoms with Crippen LogP contribution in [0.15, 0.2) is 48.1 Å². The van der Waals surface area contributed by atoms with Crippen LogP contribution in [0.4, 0.5) is 0 Å². The van der Waals surface area contributed by atoms with E-state index in [1.54, 1.807) is 19.1 Å². The molecular weight excluding hydrogens is 292 g/mol. The molecule has 1 atom stereocenters. The molecule has 122 valence electrons. The number of rotatable bonds is 7. The Bertz CT molecular complexity index is 608. The smallest absolute Gasteiger partial charge is 0.251 e. The van der Waals surface area contributed by atoms with Gasteiger partial charge in [-0.1, -0.05) is 30.3 Å². The Hall–Kier alpha value is -2.40. The summed E-state index contributed by atoms with van der Waals surface area (Å²) in [6.45, 7) is 2.73. The molecule has 0 fully saturated rings. The standard InChI is InChI=1S/C18H22N2O3/c1-14-13-17(22)20(18(14)23)12-6-5-11-19-16(21)10-9-15-7-3-2-4-8-15/h2-4,7-10,13,17,22H,5-6,11-12H2,1H3,(H,19,21)/b10-9+/t17-/m0/s1. The molecule has 1 aromatic carbocycles. The van der Waals surface area contributed by atoms with E-state index in [9.17, 15) is 14.7 Å². The fourth-order valence-electron chi connectivity index (χ4n) is 2.38. The maximum absolute atomic E-state index is 11.7. The molecule has 1 aromatic rings. The zero-order valence-electron chi connectivity index (χ0n) is 13.2. The summed E-state index contributed by atoms with van der Waals surface area (Å²) in [7, 11) is 0. The molecule has 0 saturated heterocycles. The van der Waals surface area contributed by atoms with E-state index in [0.29, 0.717) is 18.7 Å². The van der Waals surface area contributed by atoms with E-state index in [2.05, 4.69) is 5.32 Å². The first-order valence-electron chi connectivity index (χ1n) is 7.76. The van der Waals surface area contributed by atoms with Gasteiger partial charge in [0, 0.05) is 24.7 Å². The molecule has 5 heteroatoms. The molecule has 1 heterocycles. The van der Waals surface area contributed by atoms with Crippen molar-refractivity contribution in [1.82, 2.24) is 10.2 Å². The van der Waals surface area contributed by atoms with Crippen LogP contribution in [-0.4, -0.2) is 41.1 Å². The maximum atomic E-state index is 11.7. The quantitative estimate of drug-likeness (QED) is 0.594. The van der Waals surface area contributed by atoms with Crippen LogP contribution in [-0.2, 0) is 9.59 Å². The van der Waals surface area contributed by atoms with Gasteiger partial charge in [0.15, 0.2) is 0 Å². The first-order chi connectivity index (χ1) is 11.1. The van der Waals surface area contributed by atoms with Crippen molar-refractivity contribution in [1.29, 1.82) is 0 Å². The van der Waals surface area contributed by atoms with Crippen molar-refractivity contribution in [3.8, 4) is 0 Å². The topological polar surface area (TPSA) is 69.6 Å². The Labute approximate surface area is 136 Å². The second-order valence-corrected chi connectivity index (χ2v) is 5.50. The summed E-state index contributed by atoms with van der Waals surface area (Å²) in [5.74, 6) is -0.254. The molecule has 0 unspecified atom stereocenters. The van der Waals surface area contributed by atoms with Gasteiger partial charge in [-0.25, -0.2) is 0 Å². The van der Waals surface area contributed by atoms with Crippen molar-refractivity contribution in [2.45, 2.75) is 26.0 Å². The third-order valence-electron chi connectivity index (χ3n) is 3.67. The number of amides is 2. The summed E-state index contributed by atoms with van der Waals surface area (Å²) in [6.07, 6.45) is 5.50. The Balaban J connectivity index is 1.61. The SMILES string of the molecule is CC1=C[C@H](O)N(CCCCNC(=O)/C=C/c2ccccc2)C1=O. The number of aliphatic hydroxyl groups is 1. The fraction of sp³-hybridized carbons (Fsp3) is 0.333. The molecular formula is C18H22N2O3. The minimum absolute atomic E-state index is 0.118.